The third kappa shape index (κ3) is 2.91. The molecule has 3 heteroatoms. The van der Waals surface area contributed by atoms with Crippen LogP contribution >= 0.6 is 0 Å². The second kappa shape index (κ2) is 2.80. The molecule has 0 radical (unpaired) electrons. The highest BCUT2D eigenvalue weighted by Crippen LogP contribution is 1.92. The van der Waals surface area contributed by atoms with Crippen molar-refractivity contribution in [3.8, 4) is 0 Å². The van der Waals surface area contributed by atoms with Crippen molar-refractivity contribution in [1.82, 2.24) is 0 Å². The van der Waals surface area contributed by atoms with E-state index in [0.29, 0.717) is 0 Å². The average molecular weight is 111 g/mol. The molecule has 0 N–H and O–H groups in total. The second-order valence-electron chi connectivity index (χ2n) is 1.10. The molecular formula is C5H5NO2. The van der Waals surface area contributed by atoms with Gasteiger partial charge in [0.05, 0.1) is 6.57 Å². The summed E-state index contributed by atoms with van der Waals surface area (Å²) in [7, 11) is 0. The molecule has 0 amide bonds. The van der Waals surface area contributed by atoms with E-state index >= 15 is 0 Å². The van der Waals surface area contributed by atoms with Crippen LogP contribution in [0.15, 0.2) is 12.5 Å². The SMILES string of the molecule is [C-]#[N+]C(=C)OC(C)=O. The van der Waals surface area contributed by atoms with Gasteiger partial charge in [0.15, 0.2) is 0 Å². The Morgan fingerprint density at radius 2 is 2.38 bits per heavy atom. The maximum atomic E-state index is 9.99. The quantitative estimate of drug-likeness (QED) is 0.286. The number of hydrogen-bond donors (Lipinski definition) is 0. The summed E-state index contributed by atoms with van der Waals surface area (Å²) in [6.07, 6.45) is 0. The van der Waals surface area contributed by atoms with Crippen LogP contribution in [0.25, 0.3) is 4.85 Å². The molecule has 3 nitrogen and oxygen atoms in total. The van der Waals surface area contributed by atoms with Crippen LogP contribution in [-0.4, -0.2) is 5.97 Å². The summed E-state index contributed by atoms with van der Waals surface area (Å²) in [5.41, 5.74) is 0. The lowest BCUT2D eigenvalue weighted by molar-refractivity contribution is -0.136. The van der Waals surface area contributed by atoms with Crippen LogP contribution in [0.4, 0.5) is 0 Å². The van der Waals surface area contributed by atoms with Crippen LogP contribution in [0.1, 0.15) is 6.92 Å². The van der Waals surface area contributed by atoms with Crippen molar-refractivity contribution >= 4 is 5.97 Å². The van der Waals surface area contributed by atoms with E-state index in [9.17, 15) is 4.79 Å². The summed E-state index contributed by atoms with van der Waals surface area (Å²) in [6, 6.07) is 0. The molecule has 0 aliphatic carbocycles. The molecule has 0 fully saturated rings. The first-order valence-corrected chi connectivity index (χ1v) is 1.91. The fourth-order valence-corrected chi connectivity index (χ4v) is 0.189. The van der Waals surface area contributed by atoms with Gasteiger partial charge in [-0.2, -0.15) is 4.85 Å². The van der Waals surface area contributed by atoms with E-state index in [0.717, 1.165) is 0 Å². The topological polar surface area (TPSA) is 30.7 Å². The lowest BCUT2D eigenvalue weighted by atomic mass is 10.8. The van der Waals surface area contributed by atoms with E-state index in [2.05, 4.69) is 16.2 Å². The normalized spacial score (nSPS) is 7.00. The smallest absolute Gasteiger partial charge is 0.340 e. The van der Waals surface area contributed by atoms with E-state index in [1.54, 1.807) is 0 Å². The minimum Gasteiger partial charge on any atom is -0.453 e. The molecule has 0 aliphatic heterocycles. The molecule has 0 saturated carbocycles. The molecule has 42 valence electrons. The standard InChI is InChI=1S/C5H5NO2/c1-4(6-3)8-5(2)7/h1H2,2H3. The first-order valence-electron chi connectivity index (χ1n) is 1.91. The van der Waals surface area contributed by atoms with E-state index in [-0.39, 0.29) is 5.88 Å². The molecule has 0 atom stereocenters. The Morgan fingerprint density at radius 3 is 2.50 bits per heavy atom. The van der Waals surface area contributed by atoms with Gasteiger partial charge in [-0.25, -0.2) is 0 Å². The zero-order valence-corrected chi connectivity index (χ0v) is 4.47. The molecule has 0 heterocycles. The highest BCUT2D eigenvalue weighted by molar-refractivity contribution is 5.67. The Kier molecular flexibility index (Phi) is 2.35. The molecule has 0 unspecified atom stereocenters. The van der Waals surface area contributed by atoms with Crippen LogP contribution in [0.2, 0.25) is 0 Å². The van der Waals surface area contributed by atoms with Crippen molar-refractivity contribution < 1.29 is 9.53 Å². The van der Waals surface area contributed by atoms with Gasteiger partial charge in [0, 0.05) is 6.92 Å². The molecule has 0 aromatic rings. The maximum absolute atomic E-state index is 9.99. The van der Waals surface area contributed by atoms with Gasteiger partial charge in [-0.1, -0.05) is 6.58 Å². The Morgan fingerprint density at radius 1 is 1.88 bits per heavy atom. The number of rotatable bonds is 1. The van der Waals surface area contributed by atoms with Gasteiger partial charge in [-0.05, 0) is 0 Å². The summed E-state index contributed by atoms with van der Waals surface area (Å²) in [4.78, 5) is 12.7. The van der Waals surface area contributed by atoms with Gasteiger partial charge in [-0.3, -0.25) is 4.79 Å². The summed E-state index contributed by atoms with van der Waals surface area (Å²) >= 11 is 0. The summed E-state index contributed by atoms with van der Waals surface area (Å²) in [5, 5.41) is 0. The third-order valence-electron chi connectivity index (χ3n) is 0.386. The first kappa shape index (κ1) is 6.70. The molecule has 0 aromatic heterocycles. The van der Waals surface area contributed by atoms with Crippen molar-refractivity contribution in [2.75, 3.05) is 0 Å². The Hall–Kier alpha value is -1.30. The van der Waals surface area contributed by atoms with E-state index in [4.69, 9.17) is 6.57 Å². The number of carbonyl (C=O) groups excluding carboxylic acids is 1. The summed E-state index contributed by atoms with van der Waals surface area (Å²) in [6.45, 7) is 10.6. The van der Waals surface area contributed by atoms with Crippen molar-refractivity contribution in [3.63, 3.8) is 0 Å². The molecule has 8 heavy (non-hydrogen) atoms. The Balaban J connectivity index is 3.61. The fraction of sp³-hybridized carbons (Fsp3) is 0.200. The minimum absolute atomic E-state index is 0.183. The number of hydrogen-bond acceptors (Lipinski definition) is 2. The average Bonchev–Trinajstić information content (AvgIpc) is 1.65. The first-order chi connectivity index (χ1) is 3.66. The number of esters is 1. The highest BCUT2D eigenvalue weighted by atomic mass is 16.5. The van der Waals surface area contributed by atoms with Gasteiger partial charge in [0.2, 0.25) is 0 Å². The van der Waals surface area contributed by atoms with Gasteiger partial charge in [0.1, 0.15) is 0 Å². The van der Waals surface area contributed by atoms with E-state index < -0.39 is 5.97 Å². The lowest BCUT2D eigenvalue weighted by Crippen LogP contribution is -1.93. The van der Waals surface area contributed by atoms with Crippen molar-refractivity contribution in [2.45, 2.75) is 6.92 Å². The van der Waals surface area contributed by atoms with Crippen molar-refractivity contribution in [3.05, 3.63) is 23.9 Å². The van der Waals surface area contributed by atoms with Crippen LogP contribution < -0.4 is 0 Å². The largest absolute Gasteiger partial charge is 0.453 e. The van der Waals surface area contributed by atoms with Crippen LogP contribution in [0.3, 0.4) is 0 Å². The third-order valence-corrected chi connectivity index (χ3v) is 0.386. The molecule has 0 bridgehead atoms. The maximum Gasteiger partial charge on any atom is 0.340 e. The van der Waals surface area contributed by atoms with Gasteiger partial charge in [-0.15, -0.1) is 0 Å². The zero-order chi connectivity index (χ0) is 6.57. The monoisotopic (exact) mass is 111 g/mol. The van der Waals surface area contributed by atoms with E-state index in [1.165, 1.54) is 6.92 Å². The predicted molar refractivity (Wildman–Crippen MR) is 27.5 cm³/mol. The molecule has 0 spiro atoms. The Bertz CT molecular complexity index is 154. The van der Waals surface area contributed by atoms with Crippen molar-refractivity contribution in [2.24, 2.45) is 0 Å². The van der Waals surface area contributed by atoms with Gasteiger partial charge in [0.25, 0.3) is 5.97 Å². The minimum atomic E-state index is -0.508. The highest BCUT2D eigenvalue weighted by Gasteiger charge is 1.93. The molecular weight excluding hydrogens is 106 g/mol. The predicted octanol–water partition coefficient (Wildman–Crippen LogP) is 0.940. The van der Waals surface area contributed by atoms with Crippen LogP contribution in [0.5, 0.6) is 0 Å². The summed E-state index contributed by atoms with van der Waals surface area (Å²) in [5.74, 6) is -0.691. The van der Waals surface area contributed by atoms with E-state index in [1.807, 2.05) is 0 Å². The van der Waals surface area contributed by atoms with Crippen LogP contribution in [0, 0.1) is 6.57 Å². The van der Waals surface area contributed by atoms with Crippen molar-refractivity contribution in [1.29, 1.82) is 0 Å². The lowest BCUT2D eigenvalue weighted by Gasteiger charge is -1.91. The molecule has 0 rings (SSSR count). The van der Waals surface area contributed by atoms with Gasteiger partial charge >= 0.3 is 5.88 Å². The van der Waals surface area contributed by atoms with Gasteiger partial charge < -0.3 is 4.74 Å². The number of carbonyl (C=O) groups is 1. The molecule has 0 aliphatic rings. The van der Waals surface area contributed by atoms with Crippen LogP contribution in [-0.2, 0) is 9.53 Å². The summed E-state index contributed by atoms with van der Waals surface area (Å²) < 4.78 is 4.21. The second-order valence-corrected chi connectivity index (χ2v) is 1.10. The fourth-order valence-electron chi connectivity index (χ4n) is 0.189. The number of ether oxygens (including phenoxy) is 1. The Labute approximate surface area is 47.4 Å². The zero-order valence-electron chi connectivity index (χ0n) is 4.47. The number of nitrogens with zero attached hydrogens (tertiary/aromatic N) is 1. The molecule has 0 saturated heterocycles. The molecule has 0 aromatic carbocycles.